The van der Waals surface area contributed by atoms with Crippen LogP contribution in [0.5, 0.6) is 0 Å². The summed E-state index contributed by atoms with van der Waals surface area (Å²) < 4.78 is 0.421. The maximum Gasteiger partial charge on any atom is 0.337 e. The Kier molecular flexibility index (Phi) is 2.90. The fourth-order valence-electron chi connectivity index (χ4n) is 0.913. The molecular formula is C8H8BrNO3. The van der Waals surface area contributed by atoms with Gasteiger partial charge in [-0.25, -0.2) is 4.79 Å². The summed E-state index contributed by atoms with van der Waals surface area (Å²) in [5.74, 6) is -1.30. The minimum atomic E-state index is -1.54. The molecule has 0 heterocycles. The summed E-state index contributed by atoms with van der Waals surface area (Å²) in [5, 5.41) is 17.8. The summed E-state index contributed by atoms with van der Waals surface area (Å²) in [6, 6.07) is 4.70. The highest BCUT2D eigenvalue weighted by atomic mass is 79.9. The van der Waals surface area contributed by atoms with Crippen molar-refractivity contribution in [3.05, 3.63) is 28.2 Å². The van der Waals surface area contributed by atoms with Crippen LogP contribution in [0.25, 0.3) is 0 Å². The first-order valence-corrected chi connectivity index (χ1v) is 4.28. The van der Waals surface area contributed by atoms with Crippen molar-refractivity contribution in [2.75, 3.05) is 5.73 Å². The topological polar surface area (TPSA) is 83.5 Å². The molecule has 0 fully saturated rings. The van der Waals surface area contributed by atoms with Crippen LogP contribution in [-0.4, -0.2) is 16.2 Å². The van der Waals surface area contributed by atoms with Crippen LogP contribution in [-0.2, 0) is 4.79 Å². The zero-order valence-electron chi connectivity index (χ0n) is 6.57. The standard InChI is InChI=1S/C8H8BrNO3/c9-6-4(7(11)8(12)13)2-1-3-5(6)10/h1-3,7,11H,10H2,(H,12,13). The quantitative estimate of drug-likeness (QED) is 0.683. The SMILES string of the molecule is Nc1cccc(C(O)C(=O)O)c1Br. The number of hydrogen-bond acceptors (Lipinski definition) is 3. The van der Waals surface area contributed by atoms with Crippen LogP contribution in [0.2, 0.25) is 0 Å². The smallest absolute Gasteiger partial charge is 0.337 e. The summed E-state index contributed by atoms with van der Waals surface area (Å²) in [6.45, 7) is 0. The first-order chi connectivity index (χ1) is 6.04. The van der Waals surface area contributed by atoms with Gasteiger partial charge in [0.05, 0.1) is 0 Å². The van der Waals surface area contributed by atoms with Crippen LogP contribution in [0, 0.1) is 0 Å². The fourth-order valence-corrected chi connectivity index (χ4v) is 1.39. The molecule has 0 spiro atoms. The molecule has 0 aliphatic carbocycles. The normalized spacial score (nSPS) is 12.5. The van der Waals surface area contributed by atoms with E-state index in [0.29, 0.717) is 10.2 Å². The lowest BCUT2D eigenvalue weighted by molar-refractivity contribution is -0.147. The van der Waals surface area contributed by atoms with Gasteiger partial charge in [0.2, 0.25) is 0 Å². The van der Waals surface area contributed by atoms with E-state index in [2.05, 4.69) is 15.9 Å². The Morgan fingerprint density at radius 1 is 1.54 bits per heavy atom. The first-order valence-electron chi connectivity index (χ1n) is 3.48. The summed E-state index contributed by atoms with van der Waals surface area (Å²) in [5.41, 5.74) is 6.17. The van der Waals surface area contributed by atoms with Gasteiger partial charge in [0.1, 0.15) is 0 Å². The molecule has 1 unspecified atom stereocenters. The van der Waals surface area contributed by atoms with Gasteiger partial charge in [-0.15, -0.1) is 0 Å². The third-order valence-corrected chi connectivity index (χ3v) is 2.50. The second-order valence-corrected chi connectivity index (χ2v) is 3.28. The van der Waals surface area contributed by atoms with E-state index in [0.717, 1.165) is 0 Å². The molecular weight excluding hydrogens is 238 g/mol. The average Bonchev–Trinajstić information content (AvgIpc) is 2.08. The molecule has 4 nitrogen and oxygen atoms in total. The van der Waals surface area contributed by atoms with Crippen molar-refractivity contribution in [3.63, 3.8) is 0 Å². The van der Waals surface area contributed by atoms with E-state index in [1.807, 2.05) is 0 Å². The minimum Gasteiger partial charge on any atom is -0.479 e. The molecule has 0 saturated carbocycles. The van der Waals surface area contributed by atoms with E-state index < -0.39 is 12.1 Å². The Balaban J connectivity index is 3.15. The number of rotatable bonds is 2. The van der Waals surface area contributed by atoms with Crippen molar-refractivity contribution in [2.45, 2.75) is 6.10 Å². The monoisotopic (exact) mass is 245 g/mol. The predicted molar refractivity (Wildman–Crippen MR) is 51.2 cm³/mol. The maximum atomic E-state index is 10.5. The highest BCUT2D eigenvalue weighted by Crippen LogP contribution is 2.28. The molecule has 1 aromatic rings. The molecule has 13 heavy (non-hydrogen) atoms. The van der Waals surface area contributed by atoms with Gasteiger partial charge in [0.25, 0.3) is 0 Å². The number of nitrogen functional groups attached to an aromatic ring is 1. The lowest BCUT2D eigenvalue weighted by Gasteiger charge is -2.09. The molecule has 0 aliphatic heterocycles. The molecule has 0 bridgehead atoms. The Bertz CT molecular complexity index is 340. The van der Waals surface area contributed by atoms with Crippen LogP contribution < -0.4 is 5.73 Å². The fraction of sp³-hybridized carbons (Fsp3) is 0.125. The number of carbonyl (C=O) groups is 1. The zero-order valence-corrected chi connectivity index (χ0v) is 8.15. The summed E-state index contributed by atoms with van der Waals surface area (Å²) >= 11 is 3.10. The number of anilines is 1. The lowest BCUT2D eigenvalue weighted by Crippen LogP contribution is -2.11. The summed E-state index contributed by atoms with van der Waals surface area (Å²) in [6.07, 6.45) is -1.54. The third kappa shape index (κ3) is 1.99. The molecule has 5 heteroatoms. The number of hydrogen-bond donors (Lipinski definition) is 3. The molecule has 4 N–H and O–H groups in total. The Morgan fingerprint density at radius 2 is 2.15 bits per heavy atom. The van der Waals surface area contributed by atoms with Crippen LogP contribution >= 0.6 is 15.9 Å². The third-order valence-electron chi connectivity index (χ3n) is 1.59. The van der Waals surface area contributed by atoms with E-state index in [-0.39, 0.29) is 5.56 Å². The van der Waals surface area contributed by atoms with Gasteiger partial charge in [-0.1, -0.05) is 12.1 Å². The number of halogens is 1. The van der Waals surface area contributed by atoms with Crippen molar-refractivity contribution < 1.29 is 15.0 Å². The molecule has 0 amide bonds. The number of benzene rings is 1. The maximum absolute atomic E-state index is 10.5. The van der Waals surface area contributed by atoms with Crippen LogP contribution in [0.15, 0.2) is 22.7 Å². The average molecular weight is 246 g/mol. The second kappa shape index (κ2) is 3.76. The number of aliphatic carboxylic acids is 1. The van der Waals surface area contributed by atoms with Crippen molar-refractivity contribution in [2.24, 2.45) is 0 Å². The van der Waals surface area contributed by atoms with Gasteiger partial charge >= 0.3 is 5.97 Å². The number of carboxylic acid groups (broad SMARTS) is 1. The molecule has 0 aliphatic rings. The van der Waals surface area contributed by atoms with Gasteiger partial charge in [0.15, 0.2) is 6.10 Å². The predicted octanol–water partition coefficient (Wildman–Crippen LogP) is 1.15. The second-order valence-electron chi connectivity index (χ2n) is 2.49. The van der Waals surface area contributed by atoms with Crippen LogP contribution in [0.4, 0.5) is 5.69 Å². The molecule has 1 aromatic carbocycles. The number of nitrogens with two attached hydrogens (primary N) is 1. The molecule has 0 radical (unpaired) electrons. The van der Waals surface area contributed by atoms with Gasteiger partial charge < -0.3 is 15.9 Å². The largest absolute Gasteiger partial charge is 0.479 e. The van der Waals surface area contributed by atoms with E-state index in [1.165, 1.54) is 6.07 Å². The van der Waals surface area contributed by atoms with Crippen molar-refractivity contribution in [1.29, 1.82) is 0 Å². The van der Waals surface area contributed by atoms with Crippen molar-refractivity contribution >= 4 is 27.6 Å². The molecule has 1 rings (SSSR count). The number of aliphatic hydroxyl groups is 1. The minimum absolute atomic E-state index is 0.257. The van der Waals surface area contributed by atoms with E-state index in [1.54, 1.807) is 12.1 Å². The van der Waals surface area contributed by atoms with Gasteiger partial charge in [0, 0.05) is 15.7 Å². The molecule has 0 saturated heterocycles. The summed E-state index contributed by atoms with van der Waals surface area (Å²) in [7, 11) is 0. The molecule has 70 valence electrons. The van der Waals surface area contributed by atoms with E-state index >= 15 is 0 Å². The van der Waals surface area contributed by atoms with Crippen molar-refractivity contribution in [1.82, 2.24) is 0 Å². The molecule has 1 atom stereocenters. The van der Waals surface area contributed by atoms with Gasteiger partial charge in [-0.05, 0) is 22.0 Å². The van der Waals surface area contributed by atoms with Gasteiger partial charge in [-0.3, -0.25) is 0 Å². The Morgan fingerprint density at radius 3 is 2.69 bits per heavy atom. The van der Waals surface area contributed by atoms with Crippen molar-refractivity contribution in [3.8, 4) is 0 Å². The number of carboxylic acids is 1. The zero-order chi connectivity index (χ0) is 10.0. The van der Waals surface area contributed by atoms with E-state index in [9.17, 15) is 9.90 Å². The molecule has 0 aromatic heterocycles. The Hall–Kier alpha value is -1.07. The lowest BCUT2D eigenvalue weighted by atomic mass is 10.1. The Labute approximate surface area is 83.1 Å². The van der Waals surface area contributed by atoms with E-state index in [4.69, 9.17) is 10.8 Å². The number of aliphatic hydroxyl groups excluding tert-OH is 1. The highest BCUT2D eigenvalue weighted by Gasteiger charge is 2.19. The highest BCUT2D eigenvalue weighted by molar-refractivity contribution is 9.10. The van der Waals surface area contributed by atoms with Crippen LogP contribution in [0.1, 0.15) is 11.7 Å². The first kappa shape index (κ1) is 10.0. The van der Waals surface area contributed by atoms with Crippen LogP contribution in [0.3, 0.4) is 0 Å². The van der Waals surface area contributed by atoms with Gasteiger partial charge in [-0.2, -0.15) is 0 Å². The summed E-state index contributed by atoms with van der Waals surface area (Å²) in [4.78, 5) is 10.5.